The third-order valence-electron chi connectivity index (χ3n) is 3.50. The summed E-state index contributed by atoms with van der Waals surface area (Å²) >= 11 is 0. The molecular weight excluding hydrogens is 203 g/mol. The van der Waals surface area contributed by atoms with Crippen LogP contribution in [0.3, 0.4) is 0 Å². The minimum atomic E-state index is -0.382. The lowest BCUT2D eigenvalue weighted by Crippen LogP contribution is -2.24. The molecule has 0 atom stereocenters. The molecule has 2 heterocycles. The number of alkyl halides is 1. The standard InChI is InChI=1S/C13H15FN2/c1-16-12-3-2-9(7-14)6-10(12)11-8-15-5-4-13(11)16/h2-3,6,15H,4-5,7-8H2,1H3. The third-order valence-corrected chi connectivity index (χ3v) is 3.50. The first-order valence-corrected chi connectivity index (χ1v) is 5.67. The number of aromatic nitrogens is 1. The van der Waals surface area contributed by atoms with Gasteiger partial charge in [-0.15, -0.1) is 0 Å². The normalized spacial score (nSPS) is 15.4. The number of aryl methyl sites for hydroxylation is 1. The van der Waals surface area contributed by atoms with Gasteiger partial charge in [0.2, 0.25) is 0 Å². The summed E-state index contributed by atoms with van der Waals surface area (Å²) in [6, 6.07) is 5.89. The van der Waals surface area contributed by atoms with Crippen LogP contribution in [0.25, 0.3) is 10.9 Å². The van der Waals surface area contributed by atoms with E-state index < -0.39 is 0 Å². The van der Waals surface area contributed by atoms with Gasteiger partial charge in [-0.3, -0.25) is 0 Å². The quantitative estimate of drug-likeness (QED) is 0.777. The van der Waals surface area contributed by atoms with Gasteiger partial charge in [-0.1, -0.05) is 6.07 Å². The lowest BCUT2D eigenvalue weighted by atomic mass is 10.0. The first-order valence-electron chi connectivity index (χ1n) is 5.67. The van der Waals surface area contributed by atoms with Crippen molar-refractivity contribution in [2.75, 3.05) is 6.54 Å². The largest absolute Gasteiger partial charge is 0.347 e. The second kappa shape index (κ2) is 3.59. The molecule has 0 aliphatic carbocycles. The van der Waals surface area contributed by atoms with Crippen LogP contribution in [0.1, 0.15) is 16.8 Å². The van der Waals surface area contributed by atoms with E-state index >= 15 is 0 Å². The average Bonchev–Trinajstić information content (AvgIpc) is 2.64. The molecule has 1 aliphatic heterocycles. The molecule has 0 bridgehead atoms. The zero-order chi connectivity index (χ0) is 11.1. The topological polar surface area (TPSA) is 17.0 Å². The van der Waals surface area contributed by atoms with Gasteiger partial charge in [-0.25, -0.2) is 4.39 Å². The van der Waals surface area contributed by atoms with Gasteiger partial charge in [0.1, 0.15) is 6.67 Å². The zero-order valence-electron chi connectivity index (χ0n) is 9.39. The van der Waals surface area contributed by atoms with Gasteiger partial charge in [0.15, 0.2) is 0 Å². The molecule has 0 saturated carbocycles. The molecule has 1 aromatic carbocycles. The van der Waals surface area contributed by atoms with Crippen LogP contribution in [-0.2, 0) is 26.7 Å². The second-order valence-electron chi connectivity index (χ2n) is 4.40. The summed E-state index contributed by atoms with van der Waals surface area (Å²) in [5.74, 6) is 0. The Kier molecular flexibility index (Phi) is 2.21. The Balaban J connectivity index is 2.31. The Hall–Kier alpha value is -1.35. The van der Waals surface area contributed by atoms with Crippen LogP contribution >= 0.6 is 0 Å². The number of fused-ring (bicyclic) bond motifs is 3. The summed E-state index contributed by atoms with van der Waals surface area (Å²) < 4.78 is 14.9. The molecule has 2 aromatic rings. The zero-order valence-corrected chi connectivity index (χ0v) is 9.39. The highest BCUT2D eigenvalue weighted by atomic mass is 19.1. The Morgan fingerprint density at radius 3 is 3.12 bits per heavy atom. The Morgan fingerprint density at radius 1 is 1.44 bits per heavy atom. The van der Waals surface area contributed by atoms with Crippen molar-refractivity contribution in [1.82, 2.24) is 9.88 Å². The van der Waals surface area contributed by atoms with E-state index in [-0.39, 0.29) is 6.67 Å². The summed E-state index contributed by atoms with van der Waals surface area (Å²) in [5.41, 5.74) is 4.72. The summed E-state index contributed by atoms with van der Waals surface area (Å²) in [7, 11) is 2.10. The van der Waals surface area contributed by atoms with Crippen LogP contribution in [0.15, 0.2) is 18.2 Å². The van der Waals surface area contributed by atoms with Gasteiger partial charge in [-0.05, 0) is 23.3 Å². The molecule has 3 rings (SSSR count). The molecular formula is C13H15FN2. The van der Waals surface area contributed by atoms with Crippen molar-refractivity contribution >= 4 is 10.9 Å². The van der Waals surface area contributed by atoms with Gasteiger partial charge < -0.3 is 9.88 Å². The minimum absolute atomic E-state index is 0.382. The summed E-state index contributed by atoms with van der Waals surface area (Å²) in [6.45, 7) is 1.56. The summed E-state index contributed by atoms with van der Waals surface area (Å²) in [5, 5.41) is 4.58. The van der Waals surface area contributed by atoms with Crippen LogP contribution in [0.5, 0.6) is 0 Å². The fourth-order valence-electron chi connectivity index (χ4n) is 2.64. The maximum atomic E-state index is 12.7. The SMILES string of the molecule is Cn1c2c(c3cc(CF)ccc31)CNCC2. The van der Waals surface area contributed by atoms with E-state index in [9.17, 15) is 4.39 Å². The van der Waals surface area contributed by atoms with E-state index in [1.165, 1.54) is 22.2 Å². The van der Waals surface area contributed by atoms with Crippen molar-refractivity contribution in [3.05, 3.63) is 35.0 Å². The number of hydrogen-bond acceptors (Lipinski definition) is 1. The molecule has 0 unspecified atom stereocenters. The molecule has 0 fully saturated rings. The fraction of sp³-hybridized carbons (Fsp3) is 0.385. The molecule has 1 N–H and O–H groups in total. The lowest BCUT2D eigenvalue weighted by Gasteiger charge is -2.14. The molecule has 84 valence electrons. The third kappa shape index (κ3) is 1.28. The van der Waals surface area contributed by atoms with Crippen molar-refractivity contribution in [2.24, 2.45) is 7.05 Å². The van der Waals surface area contributed by atoms with E-state index in [1.807, 2.05) is 18.2 Å². The maximum Gasteiger partial charge on any atom is 0.115 e. The molecule has 16 heavy (non-hydrogen) atoms. The van der Waals surface area contributed by atoms with Gasteiger partial charge in [0, 0.05) is 43.2 Å². The molecule has 3 heteroatoms. The first-order chi connectivity index (χ1) is 7.81. The highest BCUT2D eigenvalue weighted by Crippen LogP contribution is 2.28. The smallest absolute Gasteiger partial charge is 0.115 e. The lowest BCUT2D eigenvalue weighted by molar-refractivity contribution is 0.485. The van der Waals surface area contributed by atoms with Gasteiger partial charge in [0.05, 0.1) is 0 Å². The van der Waals surface area contributed by atoms with Crippen LogP contribution in [0.4, 0.5) is 4.39 Å². The fourth-order valence-corrected chi connectivity index (χ4v) is 2.64. The van der Waals surface area contributed by atoms with Gasteiger partial charge in [-0.2, -0.15) is 0 Å². The molecule has 1 aromatic heterocycles. The number of nitrogens with zero attached hydrogens (tertiary/aromatic N) is 1. The highest BCUT2D eigenvalue weighted by molar-refractivity contribution is 5.86. The first kappa shape index (κ1) is 9.85. The Morgan fingerprint density at radius 2 is 2.31 bits per heavy atom. The van der Waals surface area contributed by atoms with E-state index in [4.69, 9.17) is 0 Å². The minimum Gasteiger partial charge on any atom is -0.347 e. The molecule has 2 nitrogen and oxygen atoms in total. The molecule has 0 amide bonds. The number of halogens is 1. The number of benzene rings is 1. The molecule has 0 saturated heterocycles. The van der Waals surface area contributed by atoms with Crippen LogP contribution in [0, 0.1) is 0 Å². The van der Waals surface area contributed by atoms with Crippen molar-refractivity contribution in [3.63, 3.8) is 0 Å². The predicted octanol–water partition coefficient (Wildman–Crippen LogP) is 2.29. The van der Waals surface area contributed by atoms with Crippen LogP contribution in [-0.4, -0.2) is 11.1 Å². The number of nitrogens with one attached hydrogen (secondary N) is 1. The van der Waals surface area contributed by atoms with E-state index in [0.29, 0.717) is 0 Å². The van der Waals surface area contributed by atoms with Crippen LogP contribution in [0.2, 0.25) is 0 Å². The average molecular weight is 218 g/mol. The summed E-state index contributed by atoms with van der Waals surface area (Å²) in [4.78, 5) is 0. The van der Waals surface area contributed by atoms with Gasteiger partial charge in [0.25, 0.3) is 0 Å². The van der Waals surface area contributed by atoms with Crippen molar-refractivity contribution in [1.29, 1.82) is 0 Å². The maximum absolute atomic E-state index is 12.7. The van der Waals surface area contributed by atoms with Crippen molar-refractivity contribution < 1.29 is 4.39 Å². The van der Waals surface area contributed by atoms with Gasteiger partial charge >= 0.3 is 0 Å². The monoisotopic (exact) mass is 218 g/mol. The highest BCUT2D eigenvalue weighted by Gasteiger charge is 2.17. The predicted molar refractivity (Wildman–Crippen MR) is 63.1 cm³/mol. The number of rotatable bonds is 1. The second-order valence-corrected chi connectivity index (χ2v) is 4.40. The Labute approximate surface area is 94.1 Å². The Bertz CT molecular complexity index is 542. The van der Waals surface area contributed by atoms with E-state index in [1.54, 1.807) is 0 Å². The molecule has 1 aliphatic rings. The summed E-state index contributed by atoms with van der Waals surface area (Å²) in [6.07, 6.45) is 1.06. The molecule has 0 spiro atoms. The molecule has 0 radical (unpaired) electrons. The van der Waals surface area contributed by atoms with Crippen molar-refractivity contribution in [3.8, 4) is 0 Å². The van der Waals surface area contributed by atoms with E-state index in [0.717, 1.165) is 25.1 Å². The van der Waals surface area contributed by atoms with E-state index in [2.05, 4.69) is 16.9 Å². The van der Waals surface area contributed by atoms with Crippen LogP contribution < -0.4 is 5.32 Å². The number of hydrogen-bond donors (Lipinski definition) is 1. The van der Waals surface area contributed by atoms with Crippen molar-refractivity contribution in [2.45, 2.75) is 19.6 Å².